The van der Waals surface area contributed by atoms with Gasteiger partial charge in [0.05, 0.1) is 12.8 Å². The van der Waals surface area contributed by atoms with Crippen LogP contribution in [0, 0.1) is 0 Å². The summed E-state index contributed by atoms with van der Waals surface area (Å²) in [4.78, 5) is 2.49. The van der Waals surface area contributed by atoms with Crippen LogP contribution in [-0.2, 0) is 13.1 Å². The average molecular weight is 208 g/mol. The summed E-state index contributed by atoms with van der Waals surface area (Å²) in [5.41, 5.74) is 1.29. The standard InChI is InChI=1S/C12H20N2O/c1-13-9-11-5-8-15-12(11)10-14-6-3-2-4-7-14/h5,8,13H,2-4,6-7,9-10H2,1H3. The summed E-state index contributed by atoms with van der Waals surface area (Å²) in [5.74, 6) is 1.13. The lowest BCUT2D eigenvalue weighted by molar-refractivity contribution is 0.204. The number of nitrogens with one attached hydrogen (secondary N) is 1. The lowest BCUT2D eigenvalue weighted by atomic mass is 10.1. The molecule has 1 saturated heterocycles. The molecule has 0 spiro atoms. The van der Waals surface area contributed by atoms with Gasteiger partial charge in [0, 0.05) is 12.1 Å². The smallest absolute Gasteiger partial charge is 0.122 e. The third-order valence-electron chi connectivity index (χ3n) is 3.02. The Labute approximate surface area is 91.4 Å². The van der Waals surface area contributed by atoms with E-state index in [1.165, 1.54) is 37.9 Å². The zero-order chi connectivity index (χ0) is 10.5. The lowest BCUT2D eigenvalue weighted by Gasteiger charge is -2.25. The fraction of sp³-hybridized carbons (Fsp3) is 0.667. The van der Waals surface area contributed by atoms with Crippen LogP contribution in [-0.4, -0.2) is 25.0 Å². The molecular weight excluding hydrogens is 188 g/mol. The first-order valence-electron chi connectivity index (χ1n) is 5.82. The third-order valence-corrected chi connectivity index (χ3v) is 3.02. The van der Waals surface area contributed by atoms with E-state index in [9.17, 15) is 0 Å². The molecule has 3 heteroatoms. The fourth-order valence-corrected chi connectivity index (χ4v) is 2.17. The molecule has 0 aromatic carbocycles. The molecule has 0 atom stereocenters. The molecule has 0 unspecified atom stereocenters. The second kappa shape index (κ2) is 5.33. The first-order valence-corrected chi connectivity index (χ1v) is 5.82. The van der Waals surface area contributed by atoms with Gasteiger partial charge in [0.2, 0.25) is 0 Å². The summed E-state index contributed by atoms with van der Waals surface area (Å²) in [7, 11) is 1.97. The van der Waals surface area contributed by atoms with Gasteiger partial charge in [-0.3, -0.25) is 4.90 Å². The number of furan rings is 1. The summed E-state index contributed by atoms with van der Waals surface area (Å²) in [5, 5.41) is 3.17. The van der Waals surface area contributed by atoms with E-state index in [2.05, 4.69) is 16.3 Å². The molecule has 1 fully saturated rings. The molecule has 1 aromatic rings. The largest absolute Gasteiger partial charge is 0.468 e. The molecule has 15 heavy (non-hydrogen) atoms. The van der Waals surface area contributed by atoms with Crippen molar-refractivity contribution in [2.24, 2.45) is 0 Å². The Morgan fingerprint density at radius 1 is 1.33 bits per heavy atom. The summed E-state index contributed by atoms with van der Waals surface area (Å²) < 4.78 is 5.54. The molecule has 1 N–H and O–H groups in total. The highest BCUT2D eigenvalue weighted by molar-refractivity contribution is 5.16. The summed E-state index contributed by atoms with van der Waals surface area (Å²) in [6.45, 7) is 4.32. The van der Waals surface area contributed by atoms with Crippen LogP contribution in [0.25, 0.3) is 0 Å². The minimum Gasteiger partial charge on any atom is -0.468 e. The van der Waals surface area contributed by atoms with Crippen LogP contribution >= 0.6 is 0 Å². The van der Waals surface area contributed by atoms with Gasteiger partial charge in [-0.15, -0.1) is 0 Å². The van der Waals surface area contributed by atoms with Gasteiger partial charge in [-0.05, 0) is 39.0 Å². The van der Waals surface area contributed by atoms with Crippen molar-refractivity contribution < 1.29 is 4.42 Å². The van der Waals surface area contributed by atoms with E-state index in [1.807, 2.05) is 7.05 Å². The quantitative estimate of drug-likeness (QED) is 0.820. The van der Waals surface area contributed by atoms with Gasteiger partial charge < -0.3 is 9.73 Å². The number of hydrogen-bond acceptors (Lipinski definition) is 3. The van der Waals surface area contributed by atoms with Crippen LogP contribution in [0.2, 0.25) is 0 Å². The Kier molecular flexibility index (Phi) is 3.80. The van der Waals surface area contributed by atoms with Crippen molar-refractivity contribution in [3.63, 3.8) is 0 Å². The maximum absolute atomic E-state index is 5.54. The van der Waals surface area contributed by atoms with Crippen LogP contribution in [0.15, 0.2) is 16.7 Å². The highest BCUT2D eigenvalue weighted by Crippen LogP contribution is 2.16. The van der Waals surface area contributed by atoms with Crippen LogP contribution < -0.4 is 5.32 Å². The predicted molar refractivity (Wildman–Crippen MR) is 60.6 cm³/mol. The zero-order valence-corrected chi connectivity index (χ0v) is 9.46. The van der Waals surface area contributed by atoms with Gasteiger partial charge >= 0.3 is 0 Å². The third kappa shape index (κ3) is 2.83. The van der Waals surface area contributed by atoms with Crippen LogP contribution in [0.3, 0.4) is 0 Å². The van der Waals surface area contributed by atoms with E-state index in [0.717, 1.165) is 18.8 Å². The van der Waals surface area contributed by atoms with E-state index in [4.69, 9.17) is 4.42 Å². The van der Waals surface area contributed by atoms with Gasteiger partial charge in [0.25, 0.3) is 0 Å². The molecular formula is C12H20N2O. The maximum atomic E-state index is 5.54. The monoisotopic (exact) mass is 208 g/mol. The van der Waals surface area contributed by atoms with Crippen molar-refractivity contribution in [2.45, 2.75) is 32.4 Å². The summed E-state index contributed by atoms with van der Waals surface area (Å²) in [6, 6.07) is 2.07. The van der Waals surface area contributed by atoms with Gasteiger partial charge in [0.15, 0.2) is 0 Å². The fourth-order valence-electron chi connectivity index (χ4n) is 2.17. The van der Waals surface area contributed by atoms with Gasteiger partial charge in [-0.25, -0.2) is 0 Å². The van der Waals surface area contributed by atoms with Crippen LogP contribution in [0.4, 0.5) is 0 Å². The second-order valence-corrected chi connectivity index (χ2v) is 4.24. The molecule has 0 aliphatic carbocycles. The topological polar surface area (TPSA) is 28.4 Å². The predicted octanol–water partition coefficient (Wildman–Crippen LogP) is 1.98. The first kappa shape index (κ1) is 10.7. The summed E-state index contributed by atoms with van der Waals surface area (Å²) >= 11 is 0. The molecule has 1 aromatic heterocycles. The van der Waals surface area contributed by atoms with Gasteiger partial charge in [-0.2, -0.15) is 0 Å². The van der Waals surface area contributed by atoms with E-state index in [-0.39, 0.29) is 0 Å². The Morgan fingerprint density at radius 2 is 2.13 bits per heavy atom. The van der Waals surface area contributed by atoms with Crippen molar-refractivity contribution in [2.75, 3.05) is 20.1 Å². The highest BCUT2D eigenvalue weighted by atomic mass is 16.3. The first-order chi connectivity index (χ1) is 7.40. The van der Waals surface area contributed by atoms with E-state index < -0.39 is 0 Å². The number of nitrogens with zero attached hydrogens (tertiary/aromatic N) is 1. The highest BCUT2D eigenvalue weighted by Gasteiger charge is 2.14. The molecule has 2 rings (SSSR count). The molecule has 1 aliphatic heterocycles. The molecule has 0 radical (unpaired) electrons. The normalized spacial score (nSPS) is 18.2. The van der Waals surface area contributed by atoms with Gasteiger partial charge in [-0.1, -0.05) is 6.42 Å². The minimum atomic E-state index is 0.902. The van der Waals surface area contributed by atoms with Crippen molar-refractivity contribution in [1.82, 2.24) is 10.2 Å². The van der Waals surface area contributed by atoms with Gasteiger partial charge in [0.1, 0.15) is 5.76 Å². The second-order valence-electron chi connectivity index (χ2n) is 4.24. The van der Waals surface area contributed by atoms with E-state index in [0.29, 0.717) is 0 Å². The SMILES string of the molecule is CNCc1ccoc1CN1CCCCC1. The molecule has 84 valence electrons. The summed E-state index contributed by atoms with van der Waals surface area (Å²) in [6.07, 6.45) is 5.86. The van der Waals surface area contributed by atoms with Crippen LogP contribution in [0.5, 0.6) is 0 Å². The molecule has 1 aliphatic rings. The Bertz CT molecular complexity index is 290. The Hall–Kier alpha value is -0.800. The molecule has 0 bridgehead atoms. The van der Waals surface area contributed by atoms with E-state index >= 15 is 0 Å². The van der Waals surface area contributed by atoms with Crippen LogP contribution in [0.1, 0.15) is 30.6 Å². The molecule has 0 amide bonds. The average Bonchev–Trinajstić information content (AvgIpc) is 2.68. The molecule has 3 nitrogen and oxygen atoms in total. The number of likely N-dealkylation sites (tertiary alicyclic amines) is 1. The number of hydrogen-bond donors (Lipinski definition) is 1. The molecule has 0 saturated carbocycles. The zero-order valence-electron chi connectivity index (χ0n) is 9.46. The van der Waals surface area contributed by atoms with E-state index in [1.54, 1.807) is 6.26 Å². The number of rotatable bonds is 4. The maximum Gasteiger partial charge on any atom is 0.122 e. The molecule has 2 heterocycles. The Balaban J connectivity index is 1.93. The number of piperidine rings is 1. The van der Waals surface area contributed by atoms with Crippen molar-refractivity contribution in [3.05, 3.63) is 23.7 Å². The minimum absolute atomic E-state index is 0.902. The Morgan fingerprint density at radius 3 is 2.87 bits per heavy atom. The van der Waals surface area contributed by atoms with Crippen molar-refractivity contribution in [3.8, 4) is 0 Å². The van der Waals surface area contributed by atoms with Crippen molar-refractivity contribution >= 4 is 0 Å². The lowest BCUT2D eigenvalue weighted by Crippen LogP contribution is -2.29. The van der Waals surface area contributed by atoms with Crippen molar-refractivity contribution in [1.29, 1.82) is 0 Å².